The van der Waals surface area contributed by atoms with E-state index in [1.54, 1.807) is 20.8 Å². The van der Waals surface area contributed by atoms with Crippen molar-refractivity contribution in [3.63, 3.8) is 0 Å². The van der Waals surface area contributed by atoms with Crippen molar-refractivity contribution in [3.8, 4) is 0 Å². The van der Waals surface area contributed by atoms with Crippen LogP contribution in [0.5, 0.6) is 0 Å². The predicted octanol–water partition coefficient (Wildman–Crippen LogP) is -0.261. The maximum absolute atomic E-state index is 10.9. The zero-order valence-corrected chi connectivity index (χ0v) is 8.22. The molecule has 0 saturated heterocycles. The third-order valence-electron chi connectivity index (χ3n) is 1.14. The molecular weight excluding hydrogens is 240 g/mol. The number of aliphatic carboxylic acids is 1. The minimum atomic E-state index is -1.31. The van der Waals surface area contributed by atoms with Crippen LogP contribution in [0.15, 0.2) is 0 Å². The van der Waals surface area contributed by atoms with Crippen LogP contribution in [-0.2, 0) is 32.0 Å². The summed E-state index contributed by atoms with van der Waals surface area (Å²) in [4.78, 5) is 20.8. The Balaban J connectivity index is 0. The standard InChI is InChI=1S/C7H12O3.Ag/c1-7(2,3)5(8)4-6(9)10;/h4H2,1-3H3,(H,9,10);/q;+1/p-1. The van der Waals surface area contributed by atoms with E-state index in [4.69, 9.17) is 0 Å². The smallest absolute Gasteiger partial charge is 0.550 e. The van der Waals surface area contributed by atoms with Gasteiger partial charge in [0.15, 0.2) is 0 Å². The van der Waals surface area contributed by atoms with Crippen molar-refractivity contribution in [2.45, 2.75) is 27.2 Å². The minimum absolute atomic E-state index is 0. The zero-order chi connectivity index (χ0) is 8.36. The van der Waals surface area contributed by atoms with Gasteiger partial charge in [0.1, 0.15) is 5.78 Å². The maximum atomic E-state index is 10.9. The monoisotopic (exact) mass is 250 g/mol. The van der Waals surface area contributed by atoms with Crippen LogP contribution in [0.1, 0.15) is 27.2 Å². The van der Waals surface area contributed by atoms with Crippen molar-refractivity contribution < 1.29 is 37.1 Å². The van der Waals surface area contributed by atoms with E-state index in [-0.39, 0.29) is 28.2 Å². The Morgan fingerprint density at radius 1 is 1.27 bits per heavy atom. The van der Waals surface area contributed by atoms with Crippen LogP contribution < -0.4 is 5.11 Å². The Hall–Kier alpha value is -0.120. The zero-order valence-electron chi connectivity index (χ0n) is 6.73. The summed E-state index contributed by atoms with van der Waals surface area (Å²) < 4.78 is 0. The molecule has 0 radical (unpaired) electrons. The van der Waals surface area contributed by atoms with Gasteiger partial charge in [0, 0.05) is 17.8 Å². The first-order chi connectivity index (χ1) is 4.34. The van der Waals surface area contributed by atoms with Crippen molar-refractivity contribution in [1.29, 1.82) is 0 Å². The van der Waals surface area contributed by atoms with Crippen LogP contribution in [0.25, 0.3) is 0 Å². The molecule has 0 saturated carbocycles. The van der Waals surface area contributed by atoms with E-state index in [1.807, 2.05) is 0 Å². The van der Waals surface area contributed by atoms with Gasteiger partial charge < -0.3 is 9.90 Å². The molecule has 0 aromatic carbocycles. The molecule has 0 aromatic rings. The van der Waals surface area contributed by atoms with E-state index in [2.05, 4.69) is 0 Å². The van der Waals surface area contributed by atoms with Gasteiger partial charge in [0.25, 0.3) is 0 Å². The normalized spacial score (nSPS) is 10.1. The Morgan fingerprint density at radius 3 is 1.73 bits per heavy atom. The Kier molecular flexibility index (Phi) is 5.75. The molecule has 0 spiro atoms. The number of carbonyl (C=O) groups is 2. The summed E-state index contributed by atoms with van der Waals surface area (Å²) >= 11 is 0. The van der Waals surface area contributed by atoms with E-state index in [0.29, 0.717) is 0 Å². The average molecular weight is 251 g/mol. The van der Waals surface area contributed by atoms with Gasteiger partial charge in [-0.2, -0.15) is 0 Å². The quantitative estimate of drug-likeness (QED) is 0.501. The molecule has 0 unspecified atom stereocenters. The van der Waals surface area contributed by atoms with Gasteiger partial charge in [0.2, 0.25) is 0 Å². The number of rotatable bonds is 2. The molecule has 0 N–H and O–H groups in total. The topological polar surface area (TPSA) is 57.2 Å². The third-order valence-corrected chi connectivity index (χ3v) is 1.14. The van der Waals surface area contributed by atoms with E-state index in [0.717, 1.165) is 0 Å². The molecule has 68 valence electrons. The fourth-order valence-electron chi connectivity index (χ4n) is 0.396. The molecule has 0 aliphatic carbocycles. The predicted molar refractivity (Wildman–Crippen MR) is 34.1 cm³/mol. The molecule has 0 rings (SSSR count). The summed E-state index contributed by atoms with van der Waals surface area (Å²) in [6, 6.07) is 0. The number of ketones is 1. The van der Waals surface area contributed by atoms with Gasteiger partial charge in [-0.05, 0) is 0 Å². The molecule has 0 heterocycles. The van der Waals surface area contributed by atoms with Gasteiger partial charge in [-0.1, -0.05) is 20.8 Å². The number of hydrogen-bond acceptors (Lipinski definition) is 3. The molecule has 4 heteroatoms. The summed E-state index contributed by atoms with van der Waals surface area (Å²) in [6.07, 6.45) is -0.483. The molecule has 3 nitrogen and oxygen atoms in total. The molecule has 0 bridgehead atoms. The number of carboxylic acids is 1. The maximum Gasteiger partial charge on any atom is 1.00 e. The van der Waals surface area contributed by atoms with E-state index in [1.165, 1.54) is 0 Å². The number of carbonyl (C=O) groups excluding carboxylic acids is 2. The van der Waals surface area contributed by atoms with Gasteiger partial charge in [-0.15, -0.1) is 0 Å². The molecule has 0 amide bonds. The molecule has 0 aliphatic rings. The molecule has 0 fully saturated rings. The van der Waals surface area contributed by atoms with Crippen LogP contribution in [0, 0.1) is 5.41 Å². The van der Waals surface area contributed by atoms with Crippen molar-refractivity contribution in [1.82, 2.24) is 0 Å². The first kappa shape index (κ1) is 13.5. The van der Waals surface area contributed by atoms with Crippen molar-refractivity contribution in [2.75, 3.05) is 0 Å². The van der Waals surface area contributed by atoms with E-state index >= 15 is 0 Å². The Morgan fingerprint density at radius 2 is 1.64 bits per heavy atom. The molecule has 0 aliphatic heterocycles. The first-order valence-electron chi connectivity index (χ1n) is 3.07. The van der Waals surface area contributed by atoms with E-state index < -0.39 is 17.8 Å². The Bertz CT molecular complexity index is 158. The third kappa shape index (κ3) is 6.29. The Labute approximate surface area is 81.7 Å². The largest absolute Gasteiger partial charge is 1.00 e. The average Bonchev–Trinajstić information content (AvgIpc) is 1.60. The molecule has 0 aromatic heterocycles. The molecular formula is C7H11AgO3. The fourth-order valence-corrected chi connectivity index (χ4v) is 0.396. The van der Waals surface area contributed by atoms with Crippen LogP contribution >= 0.6 is 0 Å². The van der Waals surface area contributed by atoms with Crippen LogP contribution in [0.4, 0.5) is 0 Å². The number of hydrogen-bond donors (Lipinski definition) is 0. The summed E-state index contributed by atoms with van der Waals surface area (Å²) in [5.74, 6) is -1.60. The van der Waals surface area contributed by atoms with Crippen molar-refractivity contribution in [2.24, 2.45) is 5.41 Å². The number of Topliss-reactive ketones (excluding diaryl/α,β-unsaturated/α-hetero) is 1. The summed E-state index contributed by atoms with van der Waals surface area (Å²) in [6.45, 7) is 5.04. The summed E-state index contributed by atoms with van der Waals surface area (Å²) in [7, 11) is 0. The van der Waals surface area contributed by atoms with E-state index in [9.17, 15) is 14.7 Å². The number of carboxylic acid groups (broad SMARTS) is 1. The molecule has 0 atom stereocenters. The minimum Gasteiger partial charge on any atom is -0.550 e. The van der Waals surface area contributed by atoms with Gasteiger partial charge >= 0.3 is 22.4 Å². The second-order valence-corrected chi connectivity index (χ2v) is 3.22. The van der Waals surface area contributed by atoms with Gasteiger partial charge in [0.05, 0.1) is 0 Å². The summed E-state index contributed by atoms with van der Waals surface area (Å²) in [5.41, 5.74) is -0.569. The van der Waals surface area contributed by atoms with Crippen LogP contribution in [0.2, 0.25) is 0 Å². The van der Waals surface area contributed by atoms with Crippen molar-refractivity contribution >= 4 is 11.8 Å². The second kappa shape index (κ2) is 4.70. The van der Waals surface area contributed by atoms with Crippen LogP contribution in [-0.4, -0.2) is 11.8 Å². The van der Waals surface area contributed by atoms with Crippen LogP contribution in [0.3, 0.4) is 0 Å². The SMILES string of the molecule is CC(C)(C)C(=O)CC(=O)[O-].[Ag+]. The molecule has 11 heavy (non-hydrogen) atoms. The van der Waals surface area contributed by atoms with Gasteiger partial charge in [-0.25, -0.2) is 0 Å². The summed E-state index contributed by atoms with van der Waals surface area (Å²) in [5, 5.41) is 9.92. The van der Waals surface area contributed by atoms with Crippen molar-refractivity contribution in [3.05, 3.63) is 0 Å². The van der Waals surface area contributed by atoms with Gasteiger partial charge in [-0.3, -0.25) is 4.79 Å². The second-order valence-electron chi connectivity index (χ2n) is 3.22. The first-order valence-corrected chi connectivity index (χ1v) is 3.07. The fraction of sp³-hybridized carbons (Fsp3) is 0.714.